The molecule has 0 aliphatic rings. The number of carbonyl (C=O) groups is 2. The van der Waals surface area contributed by atoms with E-state index in [2.05, 4.69) is 15.7 Å². The standard InChI is InChI=1S/C10H17N5O2/c11-7-9(16)13-8-10(17)12-3-1-5-15-6-2-4-14-15/h2,4,6H,1,3,5,7-8,11H2,(H,12,17)(H,13,16). The van der Waals surface area contributed by atoms with Gasteiger partial charge < -0.3 is 16.4 Å². The fraction of sp³-hybridized carbons (Fsp3) is 0.500. The first-order valence-electron chi connectivity index (χ1n) is 5.43. The molecule has 0 spiro atoms. The Labute approximate surface area is 99.4 Å². The highest BCUT2D eigenvalue weighted by Crippen LogP contribution is 1.87. The zero-order valence-corrected chi connectivity index (χ0v) is 9.56. The molecule has 4 N–H and O–H groups in total. The number of aryl methyl sites for hydroxylation is 1. The van der Waals surface area contributed by atoms with E-state index >= 15 is 0 Å². The first kappa shape index (κ1) is 13.2. The predicted molar refractivity (Wildman–Crippen MR) is 61.9 cm³/mol. The summed E-state index contributed by atoms with van der Waals surface area (Å²) in [5, 5.41) is 9.12. The van der Waals surface area contributed by atoms with E-state index in [0.717, 1.165) is 13.0 Å². The second kappa shape index (κ2) is 7.39. The molecule has 0 bridgehead atoms. The van der Waals surface area contributed by atoms with Gasteiger partial charge in [-0.2, -0.15) is 5.10 Å². The van der Waals surface area contributed by atoms with Gasteiger partial charge in [0.15, 0.2) is 0 Å². The van der Waals surface area contributed by atoms with E-state index in [9.17, 15) is 9.59 Å². The number of nitrogens with one attached hydrogen (secondary N) is 2. The number of amides is 2. The second-order valence-electron chi connectivity index (χ2n) is 3.45. The fourth-order valence-corrected chi connectivity index (χ4v) is 1.22. The first-order chi connectivity index (χ1) is 8.22. The molecule has 0 aliphatic carbocycles. The number of hydrogen-bond acceptors (Lipinski definition) is 4. The molecule has 7 heteroatoms. The number of nitrogens with two attached hydrogens (primary N) is 1. The third-order valence-corrected chi connectivity index (χ3v) is 2.08. The molecule has 94 valence electrons. The van der Waals surface area contributed by atoms with E-state index in [1.54, 1.807) is 10.9 Å². The van der Waals surface area contributed by atoms with Gasteiger partial charge in [-0.3, -0.25) is 14.3 Å². The van der Waals surface area contributed by atoms with Crippen LogP contribution in [0.5, 0.6) is 0 Å². The van der Waals surface area contributed by atoms with Crippen LogP contribution in [0, 0.1) is 0 Å². The smallest absolute Gasteiger partial charge is 0.239 e. The number of aromatic nitrogens is 2. The van der Waals surface area contributed by atoms with Crippen LogP contribution >= 0.6 is 0 Å². The summed E-state index contributed by atoms with van der Waals surface area (Å²) >= 11 is 0. The minimum Gasteiger partial charge on any atom is -0.355 e. The Morgan fingerprint density at radius 3 is 2.76 bits per heavy atom. The molecule has 0 aliphatic heterocycles. The maximum Gasteiger partial charge on any atom is 0.239 e. The highest BCUT2D eigenvalue weighted by atomic mass is 16.2. The van der Waals surface area contributed by atoms with Gasteiger partial charge in [0.2, 0.25) is 11.8 Å². The normalized spacial score (nSPS) is 9.94. The molecule has 1 aromatic rings. The van der Waals surface area contributed by atoms with Crippen molar-refractivity contribution < 1.29 is 9.59 Å². The Hall–Kier alpha value is -1.89. The lowest BCUT2D eigenvalue weighted by atomic mass is 10.4. The molecule has 7 nitrogen and oxygen atoms in total. The Morgan fingerprint density at radius 2 is 2.12 bits per heavy atom. The van der Waals surface area contributed by atoms with Crippen LogP contribution in [0.25, 0.3) is 0 Å². The summed E-state index contributed by atoms with van der Waals surface area (Å²) in [6.45, 7) is 1.17. The summed E-state index contributed by atoms with van der Waals surface area (Å²) in [5.41, 5.74) is 5.08. The van der Waals surface area contributed by atoms with Gasteiger partial charge in [0.25, 0.3) is 0 Å². The number of rotatable bonds is 7. The lowest BCUT2D eigenvalue weighted by molar-refractivity contribution is -0.125. The van der Waals surface area contributed by atoms with Crippen LogP contribution in [0.3, 0.4) is 0 Å². The molecule has 0 saturated carbocycles. The van der Waals surface area contributed by atoms with Gasteiger partial charge in [0.1, 0.15) is 0 Å². The highest BCUT2D eigenvalue weighted by Gasteiger charge is 2.02. The van der Waals surface area contributed by atoms with Crippen molar-refractivity contribution in [2.24, 2.45) is 5.73 Å². The van der Waals surface area contributed by atoms with E-state index in [1.807, 2.05) is 12.3 Å². The van der Waals surface area contributed by atoms with Crippen molar-refractivity contribution in [3.05, 3.63) is 18.5 Å². The average Bonchev–Trinajstić information content (AvgIpc) is 2.84. The summed E-state index contributed by atoms with van der Waals surface area (Å²) < 4.78 is 1.79. The third kappa shape index (κ3) is 5.67. The first-order valence-corrected chi connectivity index (χ1v) is 5.43. The predicted octanol–water partition coefficient (Wildman–Crippen LogP) is -1.54. The summed E-state index contributed by atoms with van der Waals surface area (Å²) in [5.74, 6) is -0.552. The summed E-state index contributed by atoms with van der Waals surface area (Å²) in [4.78, 5) is 22.0. The van der Waals surface area contributed by atoms with Crippen molar-refractivity contribution in [3.63, 3.8) is 0 Å². The largest absolute Gasteiger partial charge is 0.355 e. The SMILES string of the molecule is NCC(=O)NCC(=O)NCCCn1cccn1. The lowest BCUT2D eigenvalue weighted by Gasteiger charge is -2.06. The summed E-state index contributed by atoms with van der Waals surface area (Å²) in [7, 11) is 0. The molecule has 2 amide bonds. The molecule has 1 heterocycles. The van der Waals surface area contributed by atoms with Crippen molar-refractivity contribution in [1.82, 2.24) is 20.4 Å². The highest BCUT2D eigenvalue weighted by molar-refractivity contribution is 5.85. The van der Waals surface area contributed by atoms with E-state index < -0.39 is 0 Å². The van der Waals surface area contributed by atoms with Crippen LogP contribution in [-0.4, -0.2) is 41.2 Å². The minimum atomic E-state index is -0.336. The lowest BCUT2D eigenvalue weighted by Crippen LogP contribution is -2.39. The van der Waals surface area contributed by atoms with E-state index in [4.69, 9.17) is 5.73 Å². The Kier molecular flexibility index (Phi) is 5.73. The van der Waals surface area contributed by atoms with Gasteiger partial charge in [-0.25, -0.2) is 0 Å². The molecule has 1 aromatic heterocycles. The van der Waals surface area contributed by atoms with Crippen LogP contribution < -0.4 is 16.4 Å². The molecule has 0 fully saturated rings. The molecular formula is C10H17N5O2. The van der Waals surface area contributed by atoms with Crippen LogP contribution in [-0.2, 0) is 16.1 Å². The summed E-state index contributed by atoms with van der Waals surface area (Å²) in [6, 6.07) is 1.85. The second-order valence-corrected chi connectivity index (χ2v) is 3.45. The summed E-state index contributed by atoms with van der Waals surface area (Å²) in [6.07, 6.45) is 4.36. The van der Waals surface area contributed by atoms with Crippen molar-refractivity contribution in [1.29, 1.82) is 0 Å². The van der Waals surface area contributed by atoms with Gasteiger partial charge in [-0.1, -0.05) is 0 Å². The maximum absolute atomic E-state index is 11.2. The monoisotopic (exact) mass is 239 g/mol. The molecule has 0 saturated heterocycles. The molecule has 0 radical (unpaired) electrons. The molecular weight excluding hydrogens is 222 g/mol. The van der Waals surface area contributed by atoms with Crippen LogP contribution in [0.1, 0.15) is 6.42 Å². The van der Waals surface area contributed by atoms with Crippen molar-refractivity contribution in [3.8, 4) is 0 Å². The topological polar surface area (TPSA) is 102 Å². The minimum absolute atomic E-state index is 0.0300. The number of hydrogen-bond donors (Lipinski definition) is 3. The van der Waals surface area contributed by atoms with E-state index in [1.165, 1.54) is 0 Å². The van der Waals surface area contributed by atoms with Crippen molar-refractivity contribution in [2.45, 2.75) is 13.0 Å². The van der Waals surface area contributed by atoms with Gasteiger partial charge in [-0.15, -0.1) is 0 Å². The average molecular weight is 239 g/mol. The van der Waals surface area contributed by atoms with Gasteiger partial charge in [0.05, 0.1) is 13.1 Å². The molecule has 1 rings (SSSR count). The molecule has 0 atom stereocenters. The van der Waals surface area contributed by atoms with Crippen molar-refractivity contribution >= 4 is 11.8 Å². The fourth-order valence-electron chi connectivity index (χ4n) is 1.22. The zero-order chi connectivity index (χ0) is 12.5. The van der Waals surface area contributed by atoms with Gasteiger partial charge >= 0.3 is 0 Å². The third-order valence-electron chi connectivity index (χ3n) is 2.08. The Morgan fingerprint density at radius 1 is 1.29 bits per heavy atom. The number of carbonyl (C=O) groups excluding carboxylic acids is 2. The maximum atomic E-state index is 11.2. The van der Waals surface area contributed by atoms with E-state index in [0.29, 0.717) is 6.54 Å². The zero-order valence-electron chi connectivity index (χ0n) is 9.56. The molecule has 0 unspecified atom stereocenters. The Balaban J connectivity index is 2.02. The van der Waals surface area contributed by atoms with Crippen LogP contribution in [0.2, 0.25) is 0 Å². The van der Waals surface area contributed by atoms with Gasteiger partial charge in [0, 0.05) is 25.5 Å². The number of nitrogens with zero attached hydrogens (tertiary/aromatic N) is 2. The van der Waals surface area contributed by atoms with E-state index in [-0.39, 0.29) is 24.9 Å². The van der Waals surface area contributed by atoms with Crippen LogP contribution in [0.4, 0.5) is 0 Å². The molecule has 0 aromatic carbocycles. The van der Waals surface area contributed by atoms with Crippen molar-refractivity contribution in [2.75, 3.05) is 19.6 Å². The van der Waals surface area contributed by atoms with Crippen LogP contribution in [0.15, 0.2) is 18.5 Å². The van der Waals surface area contributed by atoms with Gasteiger partial charge in [-0.05, 0) is 12.5 Å². The quantitative estimate of drug-likeness (QED) is 0.502. The molecule has 17 heavy (non-hydrogen) atoms. The Bertz CT molecular complexity index is 350.